The molecule has 1 N–H and O–H groups in total. The van der Waals surface area contributed by atoms with Crippen LogP contribution in [0.3, 0.4) is 0 Å². The number of halogens is 3. The van der Waals surface area contributed by atoms with E-state index in [-0.39, 0.29) is 5.91 Å². The van der Waals surface area contributed by atoms with Gasteiger partial charge in [0, 0.05) is 12.1 Å². The van der Waals surface area contributed by atoms with E-state index in [1.807, 2.05) is 0 Å². The largest absolute Gasteiger partial charge is 0.497 e. The molecule has 2 aromatic carbocycles. The Morgan fingerprint density at radius 2 is 1.79 bits per heavy atom. The Morgan fingerprint density at radius 1 is 1.18 bits per heavy atom. The highest BCUT2D eigenvalue weighted by Crippen LogP contribution is 2.34. The van der Waals surface area contributed by atoms with Crippen molar-refractivity contribution in [3.63, 3.8) is 0 Å². The molecule has 1 unspecified atom stereocenters. The number of rotatable bonds is 8. The smallest absolute Gasteiger partial charge is 0.266 e. The van der Waals surface area contributed by atoms with Gasteiger partial charge < -0.3 is 14.8 Å². The highest BCUT2D eigenvalue weighted by molar-refractivity contribution is 8.26. The predicted octanol–water partition coefficient (Wildman–Crippen LogP) is 5.59. The second-order valence-electron chi connectivity index (χ2n) is 6.89. The molecule has 2 aromatic rings. The highest BCUT2D eigenvalue weighted by atomic mass is 35.6. The van der Waals surface area contributed by atoms with Crippen molar-refractivity contribution in [1.82, 2.24) is 10.2 Å². The molecule has 34 heavy (non-hydrogen) atoms. The van der Waals surface area contributed by atoms with Gasteiger partial charge in [-0.25, -0.2) is 0 Å². The Hall–Kier alpha value is -2.23. The summed E-state index contributed by atoms with van der Waals surface area (Å²) in [5.74, 6) is 0.293. The summed E-state index contributed by atoms with van der Waals surface area (Å²) in [5.41, 5.74) is 1.09. The minimum Gasteiger partial charge on any atom is -0.497 e. The zero-order chi connectivity index (χ0) is 24.9. The minimum atomic E-state index is -1.94. The number of hydrogen-bond donors (Lipinski definition) is 1. The van der Waals surface area contributed by atoms with Gasteiger partial charge in [-0.05, 0) is 48.0 Å². The zero-order valence-electron chi connectivity index (χ0n) is 17.8. The van der Waals surface area contributed by atoms with E-state index in [0.717, 1.165) is 5.56 Å². The summed E-state index contributed by atoms with van der Waals surface area (Å²) in [6.07, 6.45) is 2.08. The first-order chi connectivity index (χ1) is 16.1. The first-order valence-electron chi connectivity index (χ1n) is 9.77. The van der Waals surface area contributed by atoms with Crippen LogP contribution in [-0.2, 0) is 4.79 Å². The molecule has 1 aliphatic rings. The van der Waals surface area contributed by atoms with Crippen LogP contribution in [0.25, 0.3) is 6.08 Å². The zero-order valence-corrected chi connectivity index (χ0v) is 21.7. The Balaban J connectivity index is 1.71. The number of carbonyl (C=O) groups is 2. The third-order valence-corrected chi connectivity index (χ3v) is 6.50. The van der Waals surface area contributed by atoms with Gasteiger partial charge in [0.05, 0.1) is 12.0 Å². The average molecular weight is 558 g/mol. The van der Waals surface area contributed by atoms with Crippen molar-refractivity contribution in [2.45, 2.75) is 10.0 Å². The number of nitrogens with zero attached hydrogens (tertiary/aromatic N) is 1. The molecule has 0 aromatic heterocycles. The molecular formula is C23H19Cl3N2O4S2. The van der Waals surface area contributed by atoms with Crippen molar-refractivity contribution in [1.29, 1.82) is 0 Å². The van der Waals surface area contributed by atoms with Gasteiger partial charge in [0.25, 0.3) is 11.8 Å². The summed E-state index contributed by atoms with van der Waals surface area (Å²) in [5, 5.41) is 2.57. The van der Waals surface area contributed by atoms with Gasteiger partial charge >= 0.3 is 0 Å². The highest BCUT2D eigenvalue weighted by Gasteiger charge is 2.36. The summed E-state index contributed by atoms with van der Waals surface area (Å²) in [7, 11) is 1.53. The summed E-state index contributed by atoms with van der Waals surface area (Å²) < 4.78 is 9.36. The van der Waals surface area contributed by atoms with Gasteiger partial charge in [-0.1, -0.05) is 77.0 Å². The first kappa shape index (κ1) is 26.4. The number of hydrogen-bond acceptors (Lipinski definition) is 6. The number of amides is 2. The number of benzene rings is 2. The molecule has 0 saturated carbocycles. The quantitative estimate of drug-likeness (QED) is 0.150. The Labute approximate surface area is 221 Å². The van der Waals surface area contributed by atoms with Crippen LogP contribution in [0.4, 0.5) is 0 Å². The van der Waals surface area contributed by atoms with E-state index in [9.17, 15) is 9.59 Å². The Kier molecular flexibility index (Phi) is 8.89. The number of nitrogens with one attached hydrogen (secondary N) is 1. The summed E-state index contributed by atoms with van der Waals surface area (Å²) in [6.45, 7) is 4.00. The number of alkyl halides is 3. The summed E-state index contributed by atoms with van der Waals surface area (Å²) in [4.78, 5) is 27.1. The van der Waals surface area contributed by atoms with E-state index in [1.165, 1.54) is 23.8 Å². The van der Waals surface area contributed by atoms with Gasteiger partial charge in [0.2, 0.25) is 10.0 Å². The molecule has 3 rings (SSSR count). The van der Waals surface area contributed by atoms with Crippen LogP contribution in [0.2, 0.25) is 0 Å². The van der Waals surface area contributed by atoms with Crippen molar-refractivity contribution in [3.8, 4) is 11.5 Å². The molecule has 11 heteroatoms. The molecular weight excluding hydrogens is 539 g/mol. The van der Waals surface area contributed by atoms with Gasteiger partial charge in [-0.2, -0.15) is 0 Å². The van der Waals surface area contributed by atoms with Crippen molar-refractivity contribution in [2.24, 2.45) is 0 Å². The fourth-order valence-corrected chi connectivity index (χ4v) is 4.41. The van der Waals surface area contributed by atoms with Crippen LogP contribution in [-0.4, -0.2) is 44.7 Å². The summed E-state index contributed by atoms with van der Waals surface area (Å²) in [6, 6.07) is 13.2. The molecule has 0 aliphatic carbocycles. The molecule has 0 bridgehead atoms. The normalized spacial score (nSPS) is 15.9. The van der Waals surface area contributed by atoms with Gasteiger partial charge in [-0.15, -0.1) is 6.58 Å². The molecule has 1 heterocycles. The maximum absolute atomic E-state index is 12.6. The number of carbonyl (C=O) groups excluding carboxylic acids is 2. The van der Waals surface area contributed by atoms with Crippen molar-refractivity contribution < 1.29 is 19.1 Å². The molecule has 1 fully saturated rings. The van der Waals surface area contributed by atoms with E-state index < -0.39 is 15.9 Å². The van der Waals surface area contributed by atoms with Crippen LogP contribution in [0.15, 0.2) is 66.1 Å². The molecule has 178 valence electrons. The second-order valence-corrected chi connectivity index (χ2v) is 10.9. The standard InChI is InChI=1S/C23H19Cl3N2O4S2/c1-3-12-28-20(30)18(34-22(28)33)13-14-4-8-17(9-5-14)32-21(23(24,25)26)27-19(29)15-6-10-16(31-2)11-7-15/h3-11,13,21H,1,12H2,2H3,(H,27,29). The Morgan fingerprint density at radius 3 is 2.35 bits per heavy atom. The van der Waals surface area contributed by atoms with E-state index in [2.05, 4.69) is 11.9 Å². The molecule has 2 amide bonds. The fraction of sp³-hybridized carbons (Fsp3) is 0.174. The maximum Gasteiger partial charge on any atom is 0.266 e. The molecule has 1 atom stereocenters. The maximum atomic E-state index is 12.6. The SMILES string of the molecule is C=CCN1C(=O)C(=Cc2ccc(OC(NC(=O)c3ccc(OC)cc3)C(Cl)(Cl)Cl)cc2)SC1=S. The monoisotopic (exact) mass is 556 g/mol. The lowest BCUT2D eigenvalue weighted by Crippen LogP contribution is -2.47. The van der Waals surface area contributed by atoms with E-state index >= 15 is 0 Å². The number of thiocarbonyl (C=S) groups is 1. The molecule has 0 radical (unpaired) electrons. The number of methoxy groups -OCH3 is 1. The number of thioether (sulfide) groups is 1. The lowest BCUT2D eigenvalue weighted by molar-refractivity contribution is -0.121. The van der Waals surface area contributed by atoms with Gasteiger partial charge in [0.1, 0.15) is 15.8 Å². The van der Waals surface area contributed by atoms with E-state index in [0.29, 0.717) is 32.8 Å². The third kappa shape index (κ3) is 6.67. The fourth-order valence-electron chi connectivity index (χ4n) is 2.84. The van der Waals surface area contributed by atoms with E-state index in [4.69, 9.17) is 56.5 Å². The topological polar surface area (TPSA) is 67.9 Å². The number of ether oxygens (including phenoxy) is 2. The van der Waals surface area contributed by atoms with Crippen molar-refractivity contribution >= 4 is 81.0 Å². The molecule has 1 aliphatic heterocycles. The second kappa shape index (κ2) is 11.5. The average Bonchev–Trinajstić information content (AvgIpc) is 3.06. The molecule has 1 saturated heterocycles. The van der Waals surface area contributed by atoms with Crippen molar-refractivity contribution in [2.75, 3.05) is 13.7 Å². The molecule has 6 nitrogen and oxygen atoms in total. The van der Waals surface area contributed by atoms with Crippen LogP contribution < -0.4 is 14.8 Å². The molecule has 0 spiro atoms. The predicted molar refractivity (Wildman–Crippen MR) is 142 cm³/mol. The van der Waals surface area contributed by atoms with Gasteiger partial charge in [-0.3, -0.25) is 14.5 Å². The lowest BCUT2D eigenvalue weighted by Gasteiger charge is -2.26. The van der Waals surface area contributed by atoms with E-state index in [1.54, 1.807) is 60.7 Å². The lowest BCUT2D eigenvalue weighted by atomic mass is 10.2. The van der Waals surface area contributed by atoms with Crippen LogP contribution in [0.1, 0.15) is 15.9 Å². The minimum absolute atomic E-state index is 0.173. The summed E-state index contributed by atoms with van der Waals surface area (Å²) >= 11 is 24.6. The van der Waals surface area contributed by atoms with Gasteiger partial charge in [0.15, 0.2) is 0 Å². The first-order valence-corrected chi connectivity index (χ1v) is 12.1. The van der Waals surface area contributed by atoms with Crippen LogP contribution >= 0.6 is 58.8 Å². The third-order valence-electron chi connectivity index (χ3n) is 4.53. The van der Waals surface area contributed by atoms with Crippen molar-refractivity contribution in [3.05, 3.63) is 77.2 Å². The Bertz CT molecular complexity index is 1120. The van der Waals surface area contributed by atoms with Crippen LogP contribution in [0, 0.1) is 0 Å². The van der Waals surface area contributed by atoms with Crippen LogP contribution in [0.5, 0.6) is 11.5 Å².